The number of nitrogens with one attached hydrogen (secondary N) is 1. The predicted molar refractivity (Wildman–Crippen MR) is 71.7 cm³/mol. The first-order valence-corrected chi connectivity index (χ1v) is 6.37. The highest BCUT2D eigenvalue weighted by Gasteiger charge is 2.46. The van der Waals surface area contributed by atoms with Crippen LogP contribution in [0.4, 0.5) is 4.79 Å². The van der Waals surface area contributed by atoms with Gasteiger partial charge in [-0.05, 0) is 18.4 Å². The van der Waals surface area contributed by atoms with Gasteiger partial charge in [0, 0.05) is 17.0 Å². The Labute approximate surface area is 116 Å². The Kier molecular flexibility index (Phi) is 3.74. The van der Waals surface area contributed by atoms with Gasteiger partial charge < -0.3 is 15.6 Å². The predicted octanol–water partition coefficient (Wildman–Crippen LogP) is 0.129. The SMILES string of the molecule is C[C@@H]1/C(=N/NC(N)=O)CC[C@]1(C(=O)[O-])c1ccccc1. The van der Waals surface area contributed by atoms with Gasteiger partial charge in [0.25, 0.3) is 0 Å². The van der Waals surface area contributed by atoms with Crippen LogP contribution in [0, 0.1) is 5.92 Å². The first-order chi connectivity index (χ1) is 9.48. The molecule has 6 heteroatoms. The third-order valence-corrected chi connectivity index (χ3v) is 3.98. The van der Waals surface area contributed by atoms with Crippen LogP contribution in [-0.4, -0.2) is 17.7 Å². The number of carbonyl (C=O) groups excluding carboxylic acids is 2. The number of carboxylic acid groups (broad SMARTS) is 1. The molecule has 0 spiro atoms. The van der Waals surface area contributed by atoms with E-state index >= 15 is 0 Å². The maximum absolute atomic E-state index is 11.7. The minimum atomic E-state index is -1.12. The van der Waals surface area contributed by atoms with E-state index in [0.29, 0.717) is 24.1 Å². The van der Waals surface area contributed by atoms with Crippen LogP contribution >= 0.6 is 0 Å². The molecule has 1 aromatic rings. The van der Waals surface area contributed by atoms with Crippen LogP contribution in [0.25, 0.3) is 0 Å². The molecular weight excluding hydrogens is 258 g/mol. The number of amides is 2. The molecule has 0 aromatic heterocycles. The Hall–Kier alpha value is -2.37. The first kappa shape index (κ1) is 14.0. The summed E-state index contributed by atoms with van der Waals surface area (Å²) in [5.74, 6) is -1.50. The van der Waals surface area contributed by atoms with Crippen molar-refractivity contribution >= 4 is 17.7 Å². The summed E-state index contributed by atoms with van der Waals surface area (Å²) in [5, 5.41) is 15.6. The molecule has 1 aliphatic carbocycles. The van der Waals surface area contributed by atoms with Crippen LogP contribution in [0.15, 0.2) is 35.4 Å². The van der Waals surface area contributed by atoms with Crippen molar-refractivity contribution in [3.63, 3.8) is 0 Å². The summed E-state index contributed by atoms with van der Waals surface area (Å²) in [7, 11) is 0. The number of primary amides is 1. The zero-order valence-corrected chi connectivity index (χ0v) is 11.1. The highest BCUT2D eigenvalue weighted by atomic mass is 16.4. The second-order valence-electron chi connectivity index (χ2n) is 4.93. The average Bonchev–Trinajstić information content (AvgIpc) is 2.75. The van der Waals surface area contributed by atoms with Gasteiger partial charge in [0.2, 0.25) is 0 Å². The number of aliphatic carboxylic acids is 1. The van der Waals surface area contributed by atoms with Crippen LogP contribution in [0.5, 0.6) is 0 Å². The fraction of sp³-hybridized carbons (Fsp3) is 0.357. The van der Waals surface area contributed by atoms with Crippen molar-refractivity contribution in [2.75, 3.05) is 0 Å². The molecule has 0 radical (unpaired) electrons. The van der Waals surface area contributed by atoms with Gasteiger partial charge in [0.15, 0.2) is 0 Å². The fourth-order valence-electron chi connectivity index (χ4n) is 2.85. The smallest absolute Gasteiger partial charge is 0.332 e. The quantitative estimate of drug-likeness (QED) is 0.765. The molecule has 0 bridgehead atoms. The van der Waals surface area contributed by atoms with E-state index in [4.69, 9.17) is 5.73 Å². The molecule has 106 valence electrons. The summed E-state index contributed by atoms with van der Waals surface area (Å²) in [6, 6.07) is 8.20. The first-order valence-electron chi connectivity index (χ1n) is 6.37. The molecule has 3 N–H and O–H groups in total. The van der Waals surface area contributed by atoms with E-state index in [1.807, 2.05) is 6.07 Å². The van der Waals surface area contributed by atoms with Crippen LogP contribution < -0.4 is 16.3 Å². The maximum atomic E-state index is 11.7. The number of hydrazone groups is 1. The van der Waals surface area contributed by atoms with Crippen molar-refractivity contribution in [3.05, 3.63) is 35.9 Å². The summed E-state index contributed by atoms with van der Waals surface area (Å²) in [6.45, 7) is 1.78. The number of carboxylic acids is 1. The van der Waals surface area contributed by atoms with E-state index in [9.17, 15) is 14.7 Å². The van der Waals surface area contributed by atoms with Crippen molar-refractivity contribution < 1.29 is 14.7 Å². The minimum Gasteiger partial charge on any atom is -0.549 e. The van der Waals surface area contributed by atoms with Crippen molar-refractivity contribution in [2.45, 2.75) is 25.2 Å². The molecule has 20 heavy (non-hydrogen) atoms. The zero-order chi connectivity index (χ0) is 14.8. The van der Waals surface area contributed by atoms with Gasteiger partial charge in [-0.15, -0.1) is 0 Å². The second-order valence-corrected chi connectivity index (χ2v) is 4.93. The minimum absolute atomic E-state index is 0.373. The number of hydrogen-bond acceptors (Lipinski definition) is 4. The lowest BCUT2D eigenvalue weighted by molar-refractivity contribution is -0.314. The number of carbonyl (C=O) groups is 2. The molecule has 0 heterocycles. The lowest BCUT2D eigenvalue weighted by Crippen LogP contribution is -2.48. The molecule has 1 aliphatic rings. The largest absolute Gasteiger partial charge is 0.549 e. The van der Waals surface area contributed by atoms with Gasteiger partial charge in [-0.25, -0.2) is 10.2 Å². The van der Waals surface area contributed by atoms with E-state index in [-0.39, 0.29) is 5.92 Å². The lowest BCUT2D eigenvalue weighted by atomic mass is 9.73. The van der Waals surface area contributed by atoms with E-state index in [0.717, 1.165) is 0 Å². The summed E-state index contributed by atoms with van der Waals surface area (Å²) in [4.78, 5) is 22.4. The normalized spacial score (nSPS) is 27.4. The molecular formula is C14H16N3O3-. The molecule has 1 saturated carbocycles. The zero-order valence-electron chi connectivity index (χ0n) is 11.1. The molecule has 1 aromatic carbocycles. The highest BCUT2D eigenvalue weighted by molar-refractivity contribution is 5.98. The summed E-state index contributed by atoms with van der Waals surface area (Å²) < 4.78 is 0. The fourth-order valence-corrected chi connectivity index (χ4v) is 2.85. The van der Waals surface area contributed by atoms with Gasteiger partial charge in [-0.3, -0.25) is 0 Å². The van der Waals surface area contributed by atoms with Crippen LogP contribution in [0.2, 0.25) is 0 Å². The third-order valence-electron chi connectivity index (χ3n) is 3.98. The lowest BCUT2D eigenvalue weighted by Gasteiger charge is -2.35. The van der Waals surface area contributed by atoms with E-state index in [1.165, 1.54) is 0 Å². The number of nitrogens with two attached hydrogens (primary N) is 1. The third kappa shape index (κ3) is 2.24. The Morgan fingerprint density at radius 1 is 1.40 bits per heavy atom. The molecule has 2 atom stereocenters. The van der Waals surface area contributed by atoms with Crippen LogP contribution in [-0.2, 0) is 10.2 Å². The van der Waals surface area contributed by atoms with Crippen LogP contribution in [0.3, 0.4) is 0 Å². The molecule has 6 nitrogen and oxygen atoms in total. The van der Waals surface area contributed by atoms with Crippen molar-refractivity contribution in [2.24, 2.45) is 16.8 Å². The van der Waals surface area contributed by atoms with Crippen molar-refractivity contribution in [3.8, 4) is 0 Å². The highest BCUT2D eigenvalue weighted by Crippen LogP contribution is 2.43. The van der Waals surface area contributed by atoms with Gasteiger partial charge in [-0.1, -0.05) is 37.3 Å². The van der Waals surface area contributed by atoms with Gasteiger partial charge in [0.1, 0.15) is 0 Å². The average molecular weight is 274 g/mol. The standard InChI is InChI=1S/C14H17N3O3/c1-9-11(16-17-13(15)20)7-8-14(9,12(18)19)10-5-3-2-4-6-10/h2-6,9H,7-8H2,1H3,(H,18,19)(H3,15,17,20)/p-1/b16-11+/t9-,14-/m1/s1. The summed E-state index contributed by atoms with van der Waals surface area (Å²) in [6.07, 6.45) is 0.865. The van der Waals surface area contributed by atoms with Gasteiger partial charge >= 0.3 is 6.03 Å². The number of rotatable bonds is 3. The monoisotopic (exact) mass is 274 g/mol. The number of urea groups is 1. The number of hydrogen-bond donors (Lipinski definition) is 2. The van der Waals surface area contributed by atoms with Crippen molar-refractivity contribution in [1.29, 1.82) is 0 Å². The Bertz CT molecular complexity index is 556. The second kappa shape index (κ2) is 5.32. The number of nitrogens with zero attached hydrogens (tertiary/aromatic N) is 1. The molecule has 0 saturated heterocycles. The molecule has 0 unspecified atom stereocenters. The molecule has 0 aliphatic heterocycles. The van der Waals surface area contributed by atoms with E-state index in [1.54, 1.807) is 31.2 Å². The van der Waals surface area contributed by atoms with Crippen molar-refractivity contribution in [1.82, 2.24) is 5.43 Å². The maximum Gasteiger partial charge on any atom is 0.332 e. The Balaban J connectivity index is 2.39. The Morgan fingerprint density at radius 3 is 2.60 bits per heavy atom. The van der Waals surface area contributed by atoms with E-state index < -0.39 is 17.4 Å². The van der Waals surface area contributed by atoms with Gasteiger partial charge in [-0.2, -0.15) is 5.10 Å². The summed E-state index contributed by atoms with van der Waals surface area (Å²) in [5.41, 5.74) is 7.32. The van der Waals surface area contributed by atoms with Crippen LogP contribution in [0.1, 0.15) is 25.3 Å². The topological polar surface area (TPSA) is 108 Å². The summed E-state index contributed by atoms with van der Waals surface area (Å²) >= 11 is 0. The molecule has 2 amide bonds. The molecule has 1 fully saturated rings. The van der Waals surface area contributed by atoms with E-state index in [2.05, 4.69) is 10.5 Å². The molecule has 2 rings (SSSR count). The van der Waals surface area contributed by atoms with Gasteiger partial charge in [0.05, 0.1) is 5.97 Å². The Morgan fingerprint density at radius 2 is 2.05 bits per heavy atom. The number of benzene rings is 1.